The van der Waals surface area contributed by atoms with Crippen LogP contribution in [-0.2, 0) is 9.53 Å². The fourth-order valence-electron chi connectivity index (χ4n) is 2.96. The number of hydrogen-bond donors (Lipinski definition) is 2. The van der Waals surface area contributed by atoms with E-state index in [9.17, 15) is 4.79 Å². The molecule has 1 heterocycles. The fraction of sp³-hybridized carbons (Fsp3) is 0.923. The lowest BCUT2D eigenvalue weighted by molar-refractivity contribution is -0.132. The van der Waals surface area contributed by atoms with Crippen molar-refractivity contribution < 1.29 is 9.53 Å². The van der Waals surface area contributed by atoms with E-state index in [2.05, 4.69) is 12.2 Å². The van der Waals surface area contributed by atoms with Crippen molar-refractivity contribution in [1.82, 2.24) is 5.32 Å². The third-order valence-corrected chi connectivity index (χ3v) is 4.14. The summed E-state index contributed by atoms with van der Waals surface area (Å²) in [6.07, 6.45) is 6.63. The lowest BCUT2D eigenvalue weighted by atomic mass is 9.99. The molecular formula is C13H25ClN2O2. The maximum atomic E-state index is 12.0. The first-order valence-corrected chi connectivity index (χ1v) is 6.86. The van der Waals surface area contributed by atoms with Crippen molar-refractivity contribution in [3.63, 3.8) is 0 Å². The maximum absolute atomic E-state index is 12.0. The molecule has 18 heavy (non-hydrogen) atoms. The van der Waals surface area contributed by atoms with Crippen LogP contribution in [0.4, 0.5) is 0 Å². The average Bonchev–Trinajstić information content (AvgIpc) is 3.00. The van der Waals surface area contributed by atoms with E-state index in [1.807, 2.05) is 0 Å². The fourth-order valence-corrected chi connectivity index (χ4v) is 2.96. The molecular weight excluding hydrogens is 252 g/mol. The third-order valence-electron chi connectivity index (χ3n) is 4.14. The highest BCUT2D eigenvalue weighted by Gasteiger charge is 2.31. The van der Waals surface area contributed by atoms with Gasteiger partial charge in [0.05, 0.1) is 6.10 Å². The molecule has 106 valence electrons. The van der Waals surface area contributed by atoms with Crippen LogP contribution in [0.25, 0.3) is 0 Å². The highest BCUT2D eigenvalue weighted by Crippen LogP contribution is 2.28. The number of hydrogen-bond acceptors (Lipinski definition) is 3. The Balaban J connectivity index is 0.00000162. The largest absolute Gasteiger partial charge is 0.364 e. The van der Waals surface area contributed by atoms with E-state index < -0.39 is 0 Å². The number of amides is 1. The first-order valence-electron chi connectivity index (χ1n) is 6.86. The van der Waals surface area contributed by atoms with Crippen molar-refractivity contribution in [2.24, 2.45) is 11.7 Å². The molecule has 0 spiro atoms. The van der Waals surface area contributed by atoms with E-state index in [-0.39, 0.29) is 36.6 Å². The molecule has 1 saturated carbocycles. The minimum Gasteiger partial charge on any atom is -0.364 e. The number of ether oxygens (including phenoxy) is 1. The van der Waals surface area contributed by atoms with E-state index in [1.165, 1.54) is 25.7 Å². The normalized spacial score (nSPS) is 29.9. The molecule has 2 aliphatic rings. The van der Waals surface area contributed by atoms with Crippen molar-refractivity contribution in [2.45, 2.75) is 63.7 Å². The van der Waals surface area contributed by atoms with Crippen molar-refractivity contribution >= 4 is 18.3 Å². The van der Waals surface area contributed by atoms with Gasteiger partial charge in [0.2, 0.25) is 5.91 Å². The zero-order valence-corrected chi connectivity index (χ0v) is 11.9. The van der Waals surface area contributed by atoms with Gasteiger partial charge in [0.1, 0.15) is 6.10 Å². The second-order valence-electron chi connectivity index (χ2n) is 5.40. The van der Waals surface area contributed by atoms with Crippen molar-refractivity contribution in [3.05, 3.63) is 0 Å². The summed E-state index contributed by atoms with van der Waals surface area (Å²) in [7, 11) is 0. The number of rotatable bonds is 4. The Labute approximate surface area is 115 Å². The van der Waals surface area contributed by atoms with E-state index >= 15 is 0 Å². The number of halogens is 1. The van der Waals surface area contributed by atoms with Gasteiger partial charge in [-0.3, -0.25) is 4.79 Å². The van der Waals surface area contributed by atoms with Gasteiger partial charge in [-0.1, -0.05) is 12.8 Å². The standard InChI is InChI=1S/C13H24N2O2.ClH/c1-9(10-4-2-3-5-10)15-13(16)12-7-6-11(8-14)17-12;/h9-12H,2-8,14H2,1H3,(H,15,16);1H/t9?,11-,12+;/m1./s1. The van der Waals surface area contributed by atoms with Crippen LogP contribution in [0.2, 0.25) is 0 Å². The predicted molar refractivity (Wildman–Crippen MR) is 73.8 cm³/mol. The molecule has 3 N–H and O–H groups in total. The van der Waals surface area contributed by atoms with Gasteiger partial charge < -0.3 is 15.8 Å². The summed E-state index contributed by atoms with van der Waals surface area (Å²) in [6, 6.07) is 0.283. The second-order valence-corrected chi connectivity index (χ2v) is 5.40. The van der Waals surface area contributed by atoms with E-state index in [4.69, 9.17) is 10.5 Å². The van der Waals surface area contributed by atoms with Gasteiger partial charge in [-0.15, -0.1) is 12.4 Å². The first-order chi connectivity index (χ1) is 8.20. The zero-order chi connectivity index (χ0) is 12.3. The van der Waals surface area contributed by atoms with E-state index in [0.29, 0.717) is 12.5 Å². The van der Waals surface area contributed by atoms with Crippen LogP contribution in [-0.4, -0.2) is 30.7 Å². The second kappa shape index (κ2) is 7.31. The molecule has 0 aromatic carbocycles. The Hall–Kier alpha value is -0.320. The van der Waals surface area contributed by atoms with Crippen LogP contribution in [0.5, 0.6) is 0 Å². The van der Waals surface area contributed by atoms with E-state index in [1.54, 1.807) is 0 Å². The summed E-state index contributed by atoms with van der Waals surface area (Å²) < 4.78 is 5.60. The van der Waals surface area contributed by atoms with Crippen LogP contribution in [0.3, 0.4) is 0 Å². The Morgan fingerprint density at radius 3 is 2.56 bits per heavy atom. The van der Waals surface area contributed by atoms with Gasteiger partial charge in [-0.2, -0.15) is 0 Å². The Bertz CT molecular complexity index is 270. The molecule has 1 aliphatic heterocycles. The van der Waals surface area contributed by atoms with Crippen molar-refractivity contribution in [2.75, 3.05) is 6.54 Å². The predicted octanol–water partition coefficient (Wildman–Crippen LogP) is 1.61. The molecule has 5 heteroatoms. The van der Waals surface area contributed by atoms with Crippen LogP contribution in [0.1, 0.15) is 45.4 Å². The van der Waals surface area contributed by atoms with E-state index in [0.717, 1.165) is 12.8 Å². The molecule has 0 aromatic rings. The molecule has 1 aliphatic carbocycles. The molecule has 3 atom stereocenters. The molecule has 0 aromatic heterocycles. The van der Waals surface area contributed by atoms with Gasteiger partial charge in [0.15, 0.2) is 0 Å². The molecule has 0 bridgehead atoms. The van der Waals surface area contributed by atoms with Crippen LogP contribution in [0.15, 0.2) is 0 Å². The van der Waals surface area contributed by atoms with Crippen molar-refractivity contribution in [3.8, 4) is 0 Å². The van der Waals surface area contributed by atoms with Crippen LogP contribution in [0, 0.1) is 5.92 Å². The molecule has 1 saturated heterocycles. The summed E-state index contributed by atoms with van der Waals surface area (Å²) in [4.78, 5) is 12.0. The third kappa shape index (κ3) is 3.84. The van der Waals surface area contributed by atoms with Gasteiger partial charge in [-0.25, -0.2) is 0 Å². The summed E-state index contributed by atoms with van der Waals surface area (Å²) in [5, 5.41) is 3.10. The van der Waals surface area contributed by atoms with Gasteiger partial charge in [0, 0.05) is 12.6 Å². The Morgan fingerprint density at radius 2 is 2.00 bits per heavy atom. The number of carbonyl (C=O) groups is 1. The lowest BCUT2D eigenvalue weighted by Crippen LogP contribution is -2.43. The highest BCUT2D eigenvalue weighted by atomic mass is 35.5. The Morgan fingerprint density at radius 1 is 1.33 bits per heavy atom. The maximum Gasteiger partial charge on any atom is 0.249 e. The number of carbonyl (C=O) groups excluding carboxylic acids is 1. The smallest absolute Gasteiger partial charge is 0.249 e. The summed E-state index contributed by atoms with van der Waals surface area (Å²) in [5.41, 5.74) is 5.54. The monoisotopic (exact) mass is 276 g/mol. The molecule has 1 amide bonds. The first kappa shape index (κ1) is 15.7. The molecule has 1 unspecified atom stereocenters. The summed E-state index contributed by atoms with van der Waals surface area (Å²) in [5.74, 6) is 0.714. The van der Waals surface area contributed by atoms with Crippen molar-refractivity contribution in [1.29, 1.82) is 0 Å². The number of nitrogens with one attached hydrogen (secondary N) is 1. The lowest BCUT2D eigenvalue weighted by Gasteiger charge is -2.22. The van der Waals surface area contributed by atoms with Crippen LogP contribution < -0.4 is 11.1 Å². The minimum absolute atomic E-state index is 0. The number of nitrogens with two attached hydrogens (primary N) is 1. The van der Waals surface area contributed by atoms with Gasteiger partial charge >= 0.3 is 0 Å². The molecule has 2 fully saturated rings. The van der Waals surface area contributed by atoms with Gasteiger partial charge in [-0.05, 0) is 38.5 Å². The summed E-state index contributed by atoms with van der Waals surface area (Å²) >= 11 is 0. The van der Waals surface area contributed by atoms with Crippen LogP contribution >= 0.6 is 12.4 Å². The molecule has 0 radical (unpaired) electrons. The molecule has 4 nitrogen and oxygen atoms in total. The topological polar surface area (TPSA) is 64.4 Å². The molecule has 2 rings (SSSR count). The average molecular weight is 277 g/mol. The minimum atomic E-state index is -0.271. The zero-order valence-electron chi connectivity index (χ0n) is 11.1. The highest BCUT2D eigenvalue weighted by molar-refractivity contribution is 5.85. The summed E-state index contributed by atoms with van der Waals surface area (Å²) in [6.45, 7) is 2.63. The quantitative estimate of drug-likeness (QED) is 0.820. The van der Waals surface area contributed by atoms with Gasteiger partial charge in [0.25, 0.3) is 0 Å². The Kier molecular flexibility index (Phi) is 6.39. The SMILES string of the molecule is CC(NC(=O)[C@@H]1CC[C@H](CN)O1)C1CCCC1.Cl.